The maximum atomic E-state index is 5.95. The zero-order valence-electron chi connectivity index (χ0n) is 32.4. The standard InChI is InChI=1S/C48H60N2O2/c1-5-7-9-11-13-15-17-19-33-51-45-29-25-41(26-30-45)21-23-43-35-39(3)47(49-37-43)48-40(4)36-44(38-50-48)24-22-42-27-31-46(32-28-42)52-34-20-18-16-14-12-10-8-6-2/h25-32,35-38H,5-20,33-34H2,1-4H3. The summed E-state index contributed by atoms with van der Waals surface area (Å²) in [6.07, 6.45) is 24.5. The smallest absolute Gasteiger partial charge is 0.119 e. The Hall–Kier alpha value is -4.54. The first-order chi connectivity index (χ1) is 25.6. The second-order valence-electron chi connectivity index (χ2n) is 14.0. The molecule has 274 valence electrons. The van der Waals surface area contributed by atoms with Crippen molar-refractivity contribution in [1.29, 1.82) is 0 Å². The lowest BCUT2D eigenvalue weighted by Gasteiger charge is -2.08. The second-order valence-corrected chi connectivity index (χ2v) is 14.0. The normalized spacial score (nSPS) is 10.6. The van der Waals surface area contributed by atoms with Gasteiger partial charge in [0.05, 0.1) is 24.6 Å². The average molecular weight is 697 g/mol. The summed E-state index contributed by atoms with van der Waals surface area (Å²) in [5.74, 6) is 14.9. The molecule has 2 heterocycles. The van der Waals surface area contributed by atoms with Crippen LogP contribution in [0.25, 0.3) is 11.4 Å². The van der Waals surface area contributed by atoms with Crippen molar-refractivity contribution < 1.29 is 9.47 Å². The first-order valence-corrected chi connectivity index (χ1v) is 20.0. The molecule has 4 heteroatoms. The van der Waals surface area contributed by atoms with Crippen LogP contribution in [0.2, 0.25) is 0 Å². The Labute approximate surface area is 315 Å². The predicted molar refractivity (Wildman–Crippen MR) is 218 cm³/mol. The van der Waals surface area contributed by atoms with Crippen LogP contribution in [-0.2, 0) is 0 Å². The van der Waals surface area contributed by atoms with Crippen LogP contribution in [0.4, 0.5) is 0 Å². The Morgan fingerprint density at radius 3 is 1.10 bits per heavy atom. The summed E-state index contributed by atoms with van der Waals surface area (Å²) in [7, 11) is 0. The van der Waals surface area contributed by atoms with Crippen molar-refractivity contribution >= 4 is 0 Å². The molecule has 4 nitrogen and oxygen atoms in total. The number of ether oxygens (including phenoxy) is 2. The molecule has 0 atom stereocenters. The Morgan fingerprint density at radius 2 is 0.750 bits per heavy atom. The lowest BCUT2D eigenvalue weighted by molar-refractivity contribution is 0.304. The monoisotopic (exact) mass is 696 g/mol. The molecule has 0 saturated heterocycles. The van der Waals surface area contributed by atoms with Crippen LogP contribution in [0.1, 0.15) is 150 Å². The van der Waals surface area contributed by atoms with Gasteiger partial charge in [-0.1, -0.05) is 127 Å². The highest BCUT2D eigenvalue weighted by molar-refractivity contribution is 5.64. The fourth-order valence-electron chi connectivity index (χ4n) is 6.19. The van der Waals surface area contributed by atoms with Gasteiger partial charge >= 0.3 is 0 Å². The SMILES string of the molecule is CCCCCCCCCCOc1ccc(C#Cc2cnc(-c3ncc(C#Cc4ccc(OCCCCCCCCCC)cc4)cc3C)c(C)c2)cc1. The van der Waals surface area contributed by atoms with Crippen molar-refractivity contribution in [3.8, 4) is 46.6 Å². The van der Waals surface area contributed by atoms with E-state index in [0.29, 0.717) is 0 Å². The topological polar surface area (TPSA) is 44.2 Å². The third kappa shape index (κ3) is 15.0. The summed E-state index contributed by atoms with van der Waals surface area (Å²) >= 11 is 0. The van der Waals surface area contributed by atoms with Crippen molar-refractivity contribution in [2.45, 2.75) is 130 Å². The van der Waals surface area contributed by atoms with Gasteiger partial charge in [-0.25, -0.2) is 0 Å². The number of pyridine rings is 2. The van der Waals surface area contributed by atoms with E-state index in [4.69, 9.17) is 19.4 Å². The second kappa shape index (κ2) is 23.8. The zero-order valence-corrected chi connectivity index (χ0v) is 32.4. The molecule has 0 aliphatic heterocycles. The molecule has 0 saturated carbocycles. The van der Waals surface area contributed by atoms with Crippen LogP contribution >= 0.6 is 0 Å². The van der Waals surface area contributed by atoms with Gasteiger partial charge in [-0.3, -0.25) is 9.97 Å². The van der Waals surface area contributed by atoms with Crippen LogP contribution in [0, 0.1) is 37.5 Å². The van der Waals surface area contributed by atoms with Gasteiger partial charge < -0.3 is 9.47 Å². The van der Waals surface area contributed by atoms with Crippen LogP contribution in [0.15, 0.2) is 73.1 Å². The van der Waals surface area contributed by atoms with E-state index < -0.39 is 0 Å². The number of unbranched alkanes of at least 4 members (excludes halogenated alkanes) is 14. The number of nitrogens with zero attached hydrogens (tertiary/aromatic N) is 2. The van der Waals surface area contributed by atoms with Gasteiger partial charge in [-0.2, -0.15) is 0 Å². The molecule has 0 amide bonds. The van der Waals surface area contributed by atoms with Gasteiger partial charge in [-0.05, 0) is 98.5 Å². The van der Waals surface area contributed by atoms with Crippen molar-refractivity contribution in [1.82, 2.24) is 9.97 Å². The maximum absolute atomic E-state index is 5.95. The van der Waals surface area contributed by atoms with E-state index in [0.717, 1.165) is 82.3 Å². The molecule has 0 N–H and O–H groups in total. The number of rotatable bonds is 21. The first-order valence-electron chi connectivity index (χ1n) is 20.0. The molecule has 0 unspecified atom stereocenters. The van der Waals surface area contributed by atoms with E-state index in [1.807, 2.05) is 60.9 Å². The van der Waals surface area contributed by atoms with E-state index in [-0.39, 0.29) is 0 Å². The van der Waals surface area contributed by atoms with E-state index in [1.165, 1.54) is 89.9 Å². The van der Waals surface area contributed by atoms with Gasteiger partial charge in [0.2, 0.25) is 0 Å². The lowest BCUT2D eigenvalue weighted by Crippen LogP contribution is -1.97. The molecular weight excluding hydrogens is 637 g/mol. The molecule has 0 aliphatic rings. The predicted octanol–water partition coefficient (Wildman–Crippen LogP) is 12.6. The van der Waals surface area contributed by atoms with Gasteiger partial charge in [0.1, 0.15) is 11.5 Å². The molecule has 0 radical (unpaired) electrons. The van der Waals surface area contributed by atoms with Crippen LogP contribution in [0.3, 0.4) is 0 Å². The molecule has 2 aromatic heterocycles. The van der Waals surface area contributed by atoms with Crippen LogP contribution in [0.5, 0.6) is 11.5 Å². The minimum atomic E-state index is 0.770. The van der Waals surface area contributed by atoms with E-state index >= 15 is 0 Å². The highest BCUT2D eigenvalue weighted by Gasteiger charge is 2.10. The van der Waals surface area contributed by atoms with Gasteiger partial charge in [0, 0.05) is 34.6 Å². The Bertz CT molecular complexity index is 1610. The first kappa shape index (κ1) is 40.2. The summed E-state index contributed by atoms with van der Waals surface area (Å²) in [5.41, 5.74) is 7.46. The molecule has 0 spiro atoms. The quantitative estimate of drug-likeness (QED) is 0.0642. The van der Waals surface area contributed by atoms with E-state index in [1.54, 1.807) is 0 Å². The molecule has 4 rings (SSSR count). The lowest BCUT2D eigenvalue weighted by atomic mass is 10.0. The molecule has 2 aromatic carbocycles. The van der Waals surface area contributed by atoms with Crippen molar-refractivity contribution in [2.75, 3.05) is 13.2 Å². The fourth-order valence-corrected chi connectivity index (χ4v) is 6.19. The van der Waals surface area contributed by atoms with Crippen molar-refractivity contribution in [3.63, 3.8) is 0 Å². The molecule has 52 heavy (non-hydrogen) atoms. The number of aryl methyl sites for hydroxylation is 2. The zero-order chi connectivity index (χ0) is 36.6. The van der Waals surface area contributed by atoms with Gasteiger partial charge in [0.15, 0.2) is 0 Å². The molecule has 0 bridgehead atoms. The van der Waals surface area contributed by atoms with E-state index in [2.05, 4.69) is 63.5 Å². The average Bonchev–Trinajstić information content (AvgIpc) is 3.16. The number of hydrogen-bond donors (Lipinski definition) is 0. The number of aromatic nitrogens is 2. The summed E-state index contributed by atoms with van der Waals surface area (Å²) in [6.45, 7) is 10.2. The van der Waals surface area contributed by atoms with E-state index in [9.17, 15) is 0 Å². The van der Waals surface area contributed by atoms with Gasteiger partial charge in [-0.15, -0.1) is 0 Å². The summed E-state index contributed by atoms with van der Waals surface area (Å²) < 4.78 is 11.9. The van der Waals surface area contributed by atoms with Crippen LogP contribution in [-0.4, -0.2) is 23.2 Å². The summed E-state index contributed by atoms with van der Waals surface area (Å²) in [6, 6.07) is 20.3. The highest BCUT2D eigenvalue weighted by atomic mass is 16.5. The third-order valence-electron chi connectivity index (χ3n) is 9.33. The molecular formula is C48H60N2O2. The Kier molecular flexibility index (Phi) is 18.4. The van der Waals surface area contributed by atoms with Crippen LogP contribution < -0.4 is 9.47 Å². The fraction of sp³-hybridized carbons (Fsp3) is 0.458. The maximum Gasteiger partial charge on any atom is 0.119 e. The highest BCUT2D eigenvalue weighted by Crippen LogP contribution is 2.24. The minimum absolute atomic E-state index is 0.770. The Balaban J connectivity index is 1.22. The third-order valence-corrected chi connectivity index (χ3v) is 9.33. The van der Waals surface area contributed by atoms with Crippen molar-refractivity contribution in [2.24, 2.45) is 0 Å². The number of benzene rings is 2. The molecule has 0 aliphatic carbocycles. The summed E-state index contributed by atoms with van der Waals surface area (Å²) in [5, 5.41) is 0. The van der Waals surface area contributed by atoms with Crippen molar-refractivity contribution in [3.05, 3.63) is 106 Å². The minimum Gasteiger partial charge on any atom is -0.494 e. The molecule has 0 fully saturated rings. The summed E-state index contributed by atoms with van der Waals surface area (Å²) in [4.78, 5) is 9.51. The van der Waals surface area contributed by atoms with Gasteiger partial charge in [0.25, 0.3) is 0 Å². The largest absolute Gasteiger partial charge is 0.494 e. The molecule has 4 aromatic rings. The number of hydrogen-bond acceptors (Lipinski definition) is 4. The Morgan fingerprint density at radius 1 is 0.423 bits per heavy atom.